The van der Waals surface area contributed by atoms with Gasteiger partial charge in [0, 0.05) is 11.6 Å². The van der Waals surface area contributed by atoms with Gasteiger partial charge in [-0.3, -0.25) is 4.79 Å². The monoisotopic (exact) mass is 380 g/mol. The van der Waals surface area contributed by atoms with E-state index in [4.69, 9.17) is 14.0 Å². The van der Waals surface area contributed by atoms with Crippen LogP contribution in [0.1, 0.15) is 33.5 Å². The predicted octanol–water partition coefficient (Wildman–Crippen LogP) is 3.84. The zero-order valence-corrected chi connectivity index (χ0v) is 15.8. The number of carbonyl (C=O) groups is 2. The van der Waals surface area contributed by atoms with Gasteiger partial charge in [-0.25, -0.2) is 4.79 Å². The van der Waals surface area contributed by atoms with E-state index in [-0.39, 0.29) is 5.76 Å². The van der Waals surface area contributed by atoms with Crippen molar-refractivity contribution in [2.45, 2.75) is 20.0 Å². The third-order valence-electron chi connectivity index (χ3n) is 4.01. The number of aryl methyl sites for hydroxylation is 2. The molecule has 0 radical (unpaired) electrons. The zero-order valence-electron chi connectivity index (χ0n) is 15.8. The van der Waals surface area contributed by atoms with Crippen molar-refractivity contribution in [3.05, 3.63) is 77.2 Å². The summed E-state index contributed by atoms with van der Waals surface area (Å²) in [5, 5.41) is 6.45. The summed E-state index contributed by atoms with van der Waals surface area (Å²) in [6, 6.07) is 15.6. The van der Waals surface area contributed by atoms with Gasteiger partial charge in [-0.15, -0.1) is 0 Å². The Kier molecular flexibility index (Phi) is 5.74. The minimum Gasteiger partial charge on any atom is -0.495 e. The first-order valence-corrected chi connectivity index (χ1v) is 8.62. The topological polar surface area (TPSA) is 90.7 Å². The summed E-state index contributed by atoms with van der Waals surface area (Å²) in [5.41, 5.74) is 2.50. The Morgan fingerprint density at radius 1 is 1.07 bits per heavy atom. The molecule has 0 aliphatic rings. The highest BCUT2D eigenvalue weighted by Gasteiger charge is 2.28. The first kappa shape index (κ1) is 19.2. The minimum atomic E-state index is -1.18. The maximum Gasteiger partial charge on any atom is 0.378 e. The number of amides is 1. The van der Waals surface area contributed by atoms with E-state index in [2.05, 4.69) is 10.5 Å². The number of aromatic nitrogens is 1. The number of ether oxygens (including phenoxy) is 2. The molecule has 28 heavy (non-hydrogen) atoms. The van der Waals surface area contributed by atoms with Crippen LogP contribution < -0.4 is 10.1 Å². The lowest BCUT2D eigenvalue weighted by Crippen LogP contribution is -2.26. The molecule has 3 aromatic rings. The smallest absolute Gasteiger partial charge is 0.378 e. The molecule has 0 aliphatic carbocycles. The Hall–Kier alpha value is -3.61. The first-order chi connectivity index (χ1) is 13.5. The van der Waals surface area contributed by atoms with Crippen LogP contribution in [-0.4, -0.2) is 24.1 Å². The molecule has 144 valence electrons. The molecule has 0 spiro atoms. The highest BCUT2D eigenvalue weighted by atomic mass is 16.6. The van der Waals surface area contributed by atoms with Crippen LogP contribution in [0.4, 0.5) is 5.69 Å². The molecule has 7 nitrogen and oxygen atoms in total. The molecular weight excluding hydrogens is 360 g/mol. The number of anilines is 1. The Morgan fingerprint density at radius 3 is 2.46 bits per heavy atom. The van der Waals surface area contributed by atoms with E-state index >= 15 is 0 Å². The minimum absolute atomic E-state index is 0.0700. The van der Waals surface area contributed by atoms with Gasteiger partial charge in [0.15, 0.2) is 0 Å². The van der Waals surface area contributed by atoms with Crippen molar-refractivity contribution in [3.63, 3.8) is 0 Å². The van der Waals surface area contributed by atoms with Gasteiger partial charge in [-0.2, -0.15) is 0 Å². The second kappa shape index (κ2) is 8.39. The Balaban J connectivity index is 1.87. The quantitative estimate of drug-likeness (QED) is 0.654. The molecule has 0 saturated carbocycles. The molecule has 2 aromatic carbocycles. The van der Waals surface area contributed by atoms with E-state index in [1.165, 1.54) is 13.2 Å². The SMILES string of the molecule is COc1ccc(C)cc1NC(=O)[C@H](OC(=O)c1cc(C)no1)c1ccccc1. The molecule has 0 unspecified atom stereocenters. The normalized spacial score (nSPS) is 11.5. The number of methoxy groups -OCH3 is 1. The fourth-order valence-corrected chi connectivity index (χ4v) is 2.64. The van der Waals surface area contributed by atoms with E-state index in [1.54, 1.807) is 43.3 Å². The van der Waals surface area contributed by atoms with Crippen molar-refractivity contribution < 1.29 is 23.6 Å². The van der Waals surface area contributed by atoms with Crippen LogP contribution >= 0.6 is 0 Å². The summed E-state index contributed by atoms with van der Waals surface area (Å²) in [4.78, 5) is 25.4. The van der Waals surface area contributed by atoms with Crippen LogP contribution in [0.15, 0.2) is 59.1 Å². The fraction of sp³-hybridized carbons (Fsp3) is 0.190. The number of rotatable bonds is 6. The lowest BCUT2D eigenvalue weighted by molar-refractivity contribution is -0.125. The van der Waals surface area contributed by atoms with Gasteiger partial charge in [-0.05, 0) is 31.5 Å². The van der Waals surface area contributed by atoms with Gasteiger partial charge in [0.2, 0.25) is 11.9 Å². The molecule has 1 heterocycles. The van der Waals surface area contributed by atoms with E-state index in [0.29, 0.717) is 22.7 Å². The summed E-state index contributed by atoms with van der Waals surface area (Å²) in [6.07, 6.45) is -1.18. The molecular formula is C21H20N2O5. The van der Waals surface area contributed by atoms with Gasteiger partial charge < -0.3 is 19.3 Å². The van der Waals surface area contributed by atoms with E-state index in [0.717, 1.165) is 5.56 Å². The molecule has 0 saturated heterocycles. The fourth-order valence-electron chi connectivity index (χ4n) is 2.64. The van der Waals surface area contributed by atoms with E-state index < -0.39 is 18.0 Å². The predicted molar refractivity (Wildman–Crippen MR) is 102 cm³/mol. The summed E-state index contributed by atoms with van der Waals surface area (Å²) in [5.74, 6) is -0.859. The van der Waals surface area contributed by atoms with Crippen LogP contribution in [-0.2, 0) is 9.53 Å². The van der Waals surface area contributed by atoms with E-state index in [1.807, 2.05) is 19.1 Å². The Bertz CT molecular complexity index is 981. The van der Waals surface area contributed by atoms with Crippen molar-refractivity contribution in [2.75, 3.05) is 12.4 Å². The molecule has 1 amide bonds. The van der Waals surface area contributed by atoms with Gasteiger partial charge in [-0.1, -0.05) is 41.6 Å². The van der Waals surface area contributed by atoms with Crippen LogP contribution in [0.3, 0.4) is 0 Å². The van der Waals surface area contributed by atoms with Crippen LogP contribution in [0, 0.1) is 13.8 Å². The lowest BCUT2D eigenvalue weighted by atomic mass is 10.1. The van der Waals surface area contributed by atoms with E-state index in [9.17, 15) is 9.59 Å². The number of nitrogens with zero attached hydrogens (tertiary/aromatic N) is 1. The Morgan fingerprint density at radius 2 is 1.82 bits per heavy atom. The average molecular weight is 380 g/mol. The highest BCUT2D eigenvalue weighted by molar-refractivity contribution is 5.98. The number of hydrogen-bond donors (Lipinski definition) is 1. The Labute approximate surface area is 162 Å². The molecule has 0 fully saturated rings. The molecule has 7 heteroatoms. The van der Waals surface area contributed by atoms with Gasteiger partial charge in [0.05, 0.1) is 18.5 Å². The standard InChI is InChI=1S/C21H20N2O5/c1-13-9-10-17(26-3)16(11-13)22-20(24)19(15-7-5-4-6-8-15)27-21(25)18-12-14(2)23-28-18/h4-12,19H,1-3H3,(H,22,24)/t19-/m1/s1. The third kappa shape index (κ3) is 4.37. The largest absolute Gasteiger partial charge is 0.495 e. The highest BCUT2D eigenvalue weighted by Crippen LogP contribution is 2.28. The number of benzene rings is 2. The van der Waals surface area contributed by atoms with Crippen molar-refractivity contribution in [1.29, 1.82) is 0 Å². The van der Waals surface area contributed by atoms with Gasteiger partial charge in [0.1, 0.15) is 5.75 Å². The molecule has 0 bridgehead atoms. The molecule has 1 N–H and O–H groups in total. The summed E-state index contributed by atoms with van der Waals surface area (Å²) in [7, 11) is 1.52. The second-order valence-corrected chi connectivity index (χ2v) is 6.22. The number of hydrogen-bond acceptors (Lipinski definition) is 6. The van der Waals surface area contributed by atoms with Gasteiger partial charge >= 0.3 is 5.97 Å². The zero-order chi connectivity index (χ0) is 20.1. The van der Waals surface area contributed by atoms with Crippen molar-refractivity contribution in [2.24, 2.45) is 0 Å². The lowest BCUT2D eigenvalue weighted by Gasteiger charge is -2.18. The summed E-state index contributed by atoms with van der Waals surface area (Å²) in [6.45, 7) is 3.59. The van der Waals surface area contributed by atoms with Crippen LogP contribution in [0.5, 0.6) is 5.75 Å². The maximum absolute atomic E-state index is 13.0. The van der Waals surface area contributed by atoms with Gasteiger partial charge in [0.25, 0.3) is 5.91 Å². The molecule has 1 atom stereocenters. The average Bonchev–Trinajstić information content (AvgIpc) is 3.13. The van der Waals surface area contributed by atoms with Crippen molar-refractivity contribution in [3.8, 4) is 5.75 Å². The summed E-state index contributed by atoms with van der Waals surface area (Å²) >= 11 is 0. The number of nitrogens with one attached hydrogen (secondary N) is 1. The third-order valence-corrected chi connectivity index (χ3v) is 4.01. The molecule has 0 aliphatic heterocycles. The second-order valence-electron chi connectivity index (χ2n) is 6.22. The summed E-state index contributed by atoms with van der Waals surface area (Å²) < 4.78 is 15.7. The number of carbonyl (C=O) groups excluding carboxylic acids is 2. The number of esters is 1. The van der Waals surface area contributed by atoms with Crippen LogP contribution in [0.25, 0.3) is 0 Å². The molecule has 3 rings (SSSR count). The maximum atomic E-state index is 13.0. The van der Waals surface area contributed by atoms with Crippen molar-refractivity contribution >= 4 is 17.6 Å². The van der Waals surface area contributed by atoms with Crippen molar-refractivity contribution in [1.82, 2.24) is 5.16 Å². The molecule has 1 aromatic heterocycles. The first-order valence-electron chi connectivity index (χ1n) is 8.62. The van der Waals surface area contributed by atoms with Crippen LogP contribution in [0.2, 0.25) is 0 Å².